The third kappa shape index (κ3) is 10.0. The molecule has 3 aromatic rings. The van der Waals surface area contributed by atoms with Gasteiger partial charge in [-0.05, 0) is 87.7 Å². The molecule has 0 aromatic heterocycles. The lowest BCUT2D eigenvalue weighted by Crippen LogP contribution is -2.48. The number of benzene rings is 3. The molecule has 51 heavy (non-hydrogen) atoms. The first kappa shape index (κ1) is 37.2. The maximum Gasteiger partial charge on any atom is 0.323 e. The number of likely N-dealkylation sites (N-methyl/N-ethyl adjacent to an activating group) is 1. The van der Waals surface area contributed by atoms with E-state index >= 15 is 0 Å². The first-order valence-corrected chi connectivity index (χ1v) is 17.1. The van der Waals surface area contributed by atoms with Gasteiger partial charge < -0.3 is 49.8 Å². The van der Waals surface area contributed by atoms with Crippen LogP contribution in [0.3, 0.4) is 0 Å². The van der Waals surface area contributed by atoms with Crippen LogP contribution >= 0.6 is 0 Å². The van der Waals surface area contributed by atoms with Crippen LogP contribution in [0, 0.1) is 11.7 Å². The molecule has 0 radical (unpaired) electrons. The fourth-order valence-electron chi connectivity index (χ4n) is 5.84. The Morgan fingerprint density at radius 3 is 2.33 bits per heavy atom. The van der Waals surface area contributed by atoms with Crippen molar-refractivity contribution in [3.63, 3.8) is 0 Å². The predicted octanol–water partition coefficient (Wildman–Crippen LogP) is 6.16. The van der Waals surface area contributed by atoms with E-state index in [1.54, 1.807) is 55.3 Å². The van der Waals surface area contributed by atoms with Crippen LogP contribution < -0.4 is 30.2 Å². The van der Waals surface area contributed by atoms with E-state index in [4.69, 9.17) is 18.9 Å². The van der Waals surface area contributed by atoms with Crippen molar-refractivity contribution in [3.05, 3.63) is 72.0 Å². The number of hydrogen-bond acceptors (Lipinski definition) is 8. The van der Waals surface area contributed by atoms with Gasteiger partial charge in [-0.1, -0.05) is 6.92 Å². The number of carbonyl (C=O) groups excluding carboxylic acids is 3. The lowest BCUT2D eigenvalue weighted by atomic mass is 10.0. The quantitative estimate of drug-likeness (QED) is 0.228. The van der Waals surface area contributed by atoms with Crippen LogP contribution in [-0.2, 0) is 4.74 Å². The molecule has 0 aliphatic carbocycles. The number of urea groups is 2. The minimum Gasteiger partial charge on any atom is -0.490 e. The second-order valence-corrected chi connectivity index (χ2v) is 13.0. The summed E-state index contributed by atoms with van der Waals surface area (Å²) in [6.45, 7) is 6.27. The van der Waals surface area contributed by atoms with Crippen molar-refractivity contribution in [3.8, 4) is 17.2 Å². The van der Waals surface area contributed by atoms with E-state index in [1.165, 1.54) is 29.2 Å². The van der Waals surface area contributed by atoms with Gasteiger partial charge in [0.2, 0.25) is 6.79 Å². The summed E-state index contributed by atoms with van der Waals surface area (Å²) in [6, 6.07) is 14.0. The van der Waals surface area contributed by atoms with E-state index in [0.717, 1.165) is 12.8 Å². The molecule has 13 nitrogen and oxygen atoms in total. The van der Waals surface area contributed by atoms with E-state index in [1.807, 2.05) is 13.8 Å². The zero-order valence-electron chi connectivity index (χ0n) is 29.3. The smallest absolute Gasteiger partial charge is 0.323 e. The summed E-state index contributed by atoms with van der Waals surface area (Å²) in [5, 5.41) is 18.6. The molecule has 0 spiro atoms. The Labute approximate surface area is 297 Å². The number of carbonyl (C=O) groups is 3. The van der Waals surface area contributed by atoms with Crippen LogP contribution in [-0.4, -0.2) is 91.3 Å². The van der Waals surface area contributed by atoms with Crippen molar-refractivity contribution in [1.82, 2.24) is 9.80 Å². The van der Waals surface area contributed by atoms with Crippen molar-refractivity contribution in [2.75, 3.05) is 56.1 Å². The molecule has 14 heteroatoms. The van der Waals surface area contributed by atoms with Crippen molar-refractivity contribution < 1.29 is 42.8 Å². The molecule has 4 atom stereocenters. The molecule has 2 aliphatic rings. The fourth-order valence-corrected chi connectivity index (χ4v) is 5.84. The highest BCUT2D eigenvalue weighted by Crippen LogP contribution is 2.34. The first-order chi connectivity index (χ1) is 24.5. The maximum atomic E-state index is 14.4. The lowest BCUT2D eigenvalue weighted by Gasteiger charge is -2.35. The molecule has 0 fully saturated rings. The van der Waals surface area contributed by atoms with Crippen LogP contribution in [0.2, 0.25) is 0 Å². The Morgan fingerprint density at radius 1 is 0.941 bits per heavy atom. The number of amides is 5. The van der Waals surface area contributed by atoms with Gasteiger partial charge in [0.1, 0.15) is 11.6 Å². The highest BCUT2D eigenvalue weighted by atomic mass is 19.1. The third-order valence-electron chi connectivity index (χ3n) is 8.84. The predicted molar refractivity (Wildman–Crippen MR) is 190 cm³/mol. The van der Waals surface area contributed by atoms with Gasteiger partial charge >= 0.3 is 12.1 Å². The number of aliphatic hydroxyl groups excluding tert-OH is 1. The Balaban J connectivity index is 1.35. The van der Waals surface area contributed by atoms with Gasteiger partial charge in [0.15, 0.2) is 11.5 Å². The molecule has 0 saturated carbocycles. The van der Waals surface area contributed by atoms with Crippen LogP contribution in [0.5, 0.6) is 17.2 Å². The number of nitrogens with zero attached hydrogens (tertiary/aromatic N) is 2. The zero-order valence-corrected chi connectivity index (χ0v) is 29.3. The number of hydrogen-bond donors (Lipinski definition) is 4. The number of rotatable bonds is 7. The third-order valence-corrected chi connectivity index (χ3v) is 8.84. The second kappa shape index (κ2) is 17.2. The SMILES string of the molecule is C[C@H]1CCCCO[C@H](CN(C)C(=O)Nc2ccc(F)cc2)[C@@H](C)CN([C@@H](C)CO)C(=O)c2cc(NC(=O)Nc3ccc4c(c3)OCO4)ccc2O1. The molecule has 0 unspecified atom stereocenters. The number of halogens is 1. The van der Waals surface area contributed by atoms with E-state index < -0.39 is 35.9 Å². The van der Waals surface area contributed by atoms with Crippen LogP contribution in [0.15, 0.2) is 60.7 Å². The number of aliphatic hydroxyl groups is 1. The Kier molecular flexibility index (Phi) is 12.6. The van der Waals surface area contributed by atoms with Gasteiger partial charge in [0.05, 0.1) is 30.4 Å². The van der Waals surface area contributed by atoms with Crippen molar-refractivity contribution >= 4 is 35.0 Å². The highest BCUT2D eigenvalue weighted by molar-refractivity contribution is 6.02. The van der Waals surface area contributed by atoms with Crippen LogP contribution in [0.4, 0.5) is 31.0 Å². The summed E-state index contributed by atoms with van der Waals surface area (Å²) in [5.74, 6) is 0.398. The number of nitrogens with one attached hydrogen (secondary N) is 3. The van der Waals surface area contributed by atoms with E-state index in [9.17, 15) is 23.9 Å². The van der Waals surface area contributed by atoms with Crippen molar-refractivity contribution in [1.29, 1.82) is 0 Å². The van der Waals surface area contributed by atoms with Gasteiger partial charge in [-0.3, -0.25) is 4.79 Å². The number of fused-ring (bicyclic) bond motifs is 2. The lowest BCUT2D eigenvalue weighted by molar-refractivity contribution is -0.0115. The normalized spacial score (nSPS) is 19.9. The van der Waals surface area contributed by atoms with Gasteiger partial charge in [0.25, 0.3) is 5.91 Å². The molecular weight excluding hydrogens is 661 g/mol. The van der Waals surface area contributed by atoms with Gasteiger partial charge in [0, 0.05) is 55.8 Å². The topological polar surface area (TPSA) is 151 Å². The first-order valence-electron chi connectivity index (χ1n) is 17.1. The van der Waals surface area contributed by atoms with Gasteiger partial charge in [-0.2, -0.15) is 0 Å². The number of anilines is 3. The molecule has 5 amide bonds. The molecule has 5 rings (SSSR count). The average Bonchev–Trinajstić information content (AvgIpc) is 3.58. The van der Waals surface area contributed by atoms with Gasteiger partial charge in [-0.15, -0.1) is 0 Å². The van der Waals surface area contributed by atoms with Crippen LogP contribution in [0.25, 0.3) is 0 Å². The summed E-state index contributed by atoms with van der Waals surface area (Å²) >= 11 is 0. The average molecular weight is 708 g/mol. The molecule has 2 aliphatic heterocycles. The van der Waals surface area contributed by atoms with E-state index in [0.29, 0.717) is 47.3 Å². The minimum atomic E-state index is -0.579. The second-order valence-electron chi connectivity index (χ2n) is 13.0. The molecule has 4 N–H and O–H groups in total. The summed E-state index contributed by atoms with van der Waals surface area (Å²) in [5.41, 5.74) is 1.53. The van der Waals surface area contributed by atoms with Gasteiger partial charge in [-0.25, -0.2) is 14.0 Å². The molecular formula is C37H46FN5O8. The van der Waals surface area contributed by atoms with Crippen molar-refractivity contribution in [2.24, 2.45) is 5.92 Å². The molecule has 274 valence electrons. The Hall–Kier alpha value is -5.08. The summed E-state index contributed by atoms with van der Waals surface area (Å²) < 4.78 is 36.7. The van der Waals surface area contributed by atoms with E-state index in [-0.39, 0.29) is 44.1 Å². The van der Waals surface area contributed by atoms with E-state index in [2.05, 4.69) is 16.0 Å². The summed E-state index contributed by atoms with van der Waals surface area (Å²) in [7, 11) is 1.64. The standard InChI is InChI=1S/C37H46FN5O8/c1-23-19-43(24(2)21-44)35(45)30-17-28(39-36(46)40-29-13-15-32-33(18-29)50-22-49-32)12-14-31(30)51-25(3)7-5-6-16-48-34(23)20-42(4)37(47)41-27-10-8-26(38)9-11-27/h8-15,17-18,23-25,34,44H,5-7,16,19-22H2,1-4H3,(H,41,47)(H2,39,40,46)/t23-,24-,25-,34+/m0/s1. The number of ether oxygens (including phenoxy) is 4. The molecule has 3 aromatic carbocycles. The molecule has 2 heterocycles. The molecule has 0 bridgehead atoms. The van der Waals surface area contributed by atoms with Crippen molar-refractivity contribution in [2.45, 2.75) is 58.3 Å². The highest BCUT2D eigenvalue weighted by Gasteiger charge is 2.31. The molecule has 0 saturated heterocycles. The Morgan fingerprint density at radius 2 is 1.61 bits per heavy atom. The largest absolute Gasteiger partial charge is 0.490 e. The van der Waals surface area contributed by atoms with Crippen LogP contribution in [0.1, 0.15) is 50.4 Å². The monoisotopic (exact) mass is 707 g/mol. The minimum absolute atomic E-state index is 0.111. The summed E-state index contributed by atoms with van der Waals surface area (Å²) in [6.07, 6.45) is 1.57. The maximum absolute atomic E-state index is 14.4. The summed E-state index contributed by atoms with van der Waals surface area (Å²) in [4.78, 5) is 43.5. The Bertz CT molecular complexity index is 1680. The zero-order chi connectivity index (χ0) is 36.5. The fraction of sp³-hybridized carbons (Fsp3) is 0.432.